The Bertz CT molecular complexity index is 1220. The van der Waals surface area contributed by atoms with Gasteiger partial charge in [-0.25, -0.2) is 0 Å². The minimum absolute atomic E-state index is 0.119. The number of nitriles is 1. The van der Waals surface area contributed by atoms with Crippen molar-refractivity contribution in [2.45, 2.75) is 6.42 Å². The van der Waals surface area contributed by atoms with E-state index >= 15 is 0 Å². The summed E-state index contributed by atoms with van der Waals surface area (Å²) in [4.78, 5) is 27.3. The molecule has 6 nitrogen and oxygen atoms in total. The summed E-state index contributed by atoms with van der Waals surface area (Å²) < 4.78 is 10.8. The third-order valence-electron chi connectivity index (χ3n) is 4.79. The van der Waals surface area contributed by atoms with Gasteiger partial charge in [0, 0.05) is 12.2 Å². The molecule has 0 bridgehead atoms. The molecule has 1 aliphatic heterocycles. The molecular weight excluding hydrogens is 356 g/mol. The Hall–Kier alpha value is -3.85. The van der Waals surface area contributed by atoms with E-state index < -0.39 is 5.91 Å². The van der Waals surface area contributed by atoms with Crippen LogP contribution in [-0.4, -0.2) is 19.6 Å². The fourth-order valence-corrected chi connectivity index (χ4v) is 3.40. The number of hydrogen-bond donors (Lipinski definition) is 0. The largest absolute Gasteiger partial charge is 0.493 e. The molecule has 138 valence electrons. The van der Waals surface area contributed by atoms with Gasteiger partial charge in [-0.1, -0.05) is 24.3 Å². The number of rotatable bonds is 3. The van der Waals surface area contributed by atoms with Crippen LogP contribution < -0.4 is 15.1 Å². The van der Waals surface area contributed by atoms with Gasteiger partial charge in [0.2, 0.25) is 0 Å². The Morgan fingerprint density at radius 3 is 2.86 bits per heavy atom. The van der Waals surface area contributed by atoms with Crippen LogP contribution in [0.25, 0.3) is 17.0 Å². The van der Waals surface area contributed by atoms with E-state index in [-0.39, 0.29) is 16.6 Å². The van der Waals surface area contributed by atoms with Crippen LogP contribution in [0, 0.1) is 11.3 Å². The maximum atomic E-state index is 12.9. The van der Waals surface area contributed by atoms with E-state index in [0.717, 1.165) is 17.7 Å². The SMILES string of the molecule is COc1cccc2c(=O)c(C=C(C#N)C(=O)N3CCc4ccccc43)coc12. The number of methoxy groups -OCH3 is 1. The number of nitrogens with zero attached hydrogens (tertiary/aromatic N) is 2. The molecule has 0 aliphatic carbocycles. The van der Waals surface area contributed by atoms with Crippen molar-refractivity contribution >= 4 is 28.6 Å². The quantitative estimate of drug-likeness (QED) is 0.520. The summed E-state index contributed by atoms with van der Waals surface area (Å²) in [6, 6.07) is 14.5. The van der Waals surface area contributed by atoms with E-state index in [9.17, 15) is 14.9 Å². The van der Waals surface area contributed by atoms with Gasteiger partial charge in [0.15, 0.2) is 16.8 Å². The average Bonchev–Trinajstić information content (AvgIpc) is 3.16. The third-order valence-corrected chi connectivity index (χ3v) is 4.79. The Morgan fingerprint density at radius 2 is 2.07 bits per heavy atom. The van der Waals surface area contributed by atoms with Crippen LogP contribution in [-0.2, 0) is 11.2 Å². The first-order chi connectivity index (χ1) is 13.6. The van der Waals surface area contributed by atoms with Gasteiger partial charge < -0.3 is 14.1 Å². The highest BCUT2D eigenvalue weighted by molar-refractivity contribution is 6.12. The van der Waals surface area contributed by atoms with Crippen molar-refractivity contribution < 1.29 is 13.9 Å². The molecule has 1 aromatic heterocycles. The summed E-state index contributed by atoms with van der Waals surface area (Å²) in [7, 11) is 1.49. The summed E-state index contributed by atoms with van der Waals surface area (Å²) >= 11 is 0. The average molecular weight is 372 g/mol. The topological polar surface area (TPSA) is 83.5 Å². The summed E-state index contributed by atoms with van der Waals surface area (Å²) in [6.45, 7) is 0.501. The molecular formula is C22H16N2O4. The first-order valence-corrected chi connectivity index (χ1v) is 8.74. The molecule has 3 aromatic rings. The fourth-order valence-electron chi connectivity index (χ4n) is 3.40. The maximum Gasteiger partial charge on any atom is 0.268 e. The van der Waals surface area contributed by atoms with Gasteiger partial charge in [-0.2, -0.15) is 5.26 Å². The van der Waals surface area contributed by atoms with Gasteiger partial charge in [-0.05, 0) is 36.3 Å². The molecule has 0 spiro atoms. The van der Waals surface area contributed by atoms with Crippen molar-refractivity contribution in [3.8, 4) is 11.8 Å². The van der Waals surface area contributed by atoms with Crippen LogP contribution in [0.1, 0.15) is 11.1 Å². The number of anilines is 1. The Kier molecular flexibility index (Phi) is 4.42. The van der Waals surface area contributed by atoms with Gasteiger partial charge in [-0.3, -0.25) is 9.59 Å². The Balaban J connectivity index is 1.75. The van der Waals surface area contributed by atoms with Gasteiger partial charge in [0.05, 0.1) is 18.1 Å². The summed E-state index contributed by atoms with van der Waals surface area (Å²) in [5, 5.41) is 9.86. The van der Waals surface area contributed by atoms with Crippen LogP contribution in [0.3, 0.4) is 0 Å². The molecule has 1 aliphatic rings. The number of hydrogen-bond acceptors (Lipinski definition) is 5. The van der Waals surface area contributed by atoms with Gasteiger partial charge in [-0.15, -0.1) is 0 Å². The van der Waals surface area contributed by atoms with Gasteiger partial charge >= 0.3 is 0 Å². The minimum atomic E-state index is -0.433. The number of ether oxygens (including phenoxy) is 1. The number of amides is 1. The van der Waals surface area contributed by atoms with Crippen LogP contribution in [0.15, 0.2) is 63.5 Å². The lowest BCUT2D eigenvalue weighted by Gasteiger charge is -2.16. The van der Waals surface area contributed by atoms with E-state index in [1.165, 1.54) is 19.4 Å². The van der Waals surface area contributed by atoms with Crippen LogP contribution in [0.4, 0.5) is 5.69 Å². The van der Waals surface area contributed by atoms with Crippen LogP contribution >= 0.6 is 0 Å². The van der Waals surface area contributed by atoms with Crippen molar-refractivity contribution in [3.63, 3.8) is 0 Å². The molecule has 0 N–H and O–H groups in total. The molecule has 0 atom stereocenters. The van der Waals surface area contributed by atoms with Crippen LogP contribution in [0.5, 0.6) is 5.75 Å². The zero-order valence-corrected chi connectivity index (χ0v) is 15.1. The van der Waals surface area contributed by atoms with E-state index in [4.69, 9.17) is 9.15 Å². The van der Waals surface area contributed by atoms with Gasteiger partial charge in [0.25, 0.3) is 5.91 Å². The maximum absolute atomic E-state index is 12.9. The lowest BCUT2D eigenvalue weighted by Crippen LogP contribution is -2.30. The second-order valence-corrected chi connectivity index (χ2v) is 6.36. The standard InChI is InChI=1S/C22H16N2O4/c1-27-19-8-4-6-17-20(25)16(13-28-21(17)19)11-15(12-23)22(26)24-10-9-14-5-2-3-7-18(14)24/h2-8,11,13H,9-10H2,1H3. The predicted molar refractivity (Wildman–Crippen MR) is 105 cm³/mol. The number of fused-ring (bicyclic) bond motifs is 2. The molecule has 28 heavy (non-hydrogen) atoms. The molecule has 0 saturated heterocycles. The second kappa shape index (κ2) is 7.05. The van der Waals surface area contributed by atoms with E-state index in [1.807, 2.05) is 30.3 Å². The molecule has 4 rings (SSSR count). The number of benzene rings is 2. The van der Waals surface area contributed by atoms with Crippen LogP contribution in [0.2, 0.25) is 0 Å². The monoisotopic (exact) mass is 372 g/mol. The molecule has 2 aromatic carbocycles. The highest BCUT2D eigenvalue weighted by Crippen LogP contribution is 2.29. The molecule has 0 unspecified atom stereocenters. The fraction of sp³-hybridized carbons (Fsp3) is 0.136. The van der Waals surface area contributed by atoms with Gasteiger partial charge in [0.1, 0.15) is 17.9 Å². The van der Waals surface area contributed by atoms with Crippen molar-refractivity contribution in [3.05, 3.63) is 75.7 Å². The first-order valence-electron chi connectivity index (χ1n) is 8.74. The zero-order chi connectivity index (χ0) is 19.7. The van der Waals surface area contributed by atoms with Crippen molar-refractivity contribution in [2.24, 2.45) is 0 Å². The highest BCUT2D eigenvalue weighted by Gasteiger charge is 2.26. The van der Waals surface area contributed by atoms with E-state index in [0.29, 0.717) is 23.3 Å². The third kappa shape index (κ3) is 2.83. The zero-order valence-electron chi connectivity index (χ0n) is 15.1. The molecule has 1 amide bonds. The van der Waals surface area contributed by atoms with Crippen molar-refractivity contribution in [2.75, 3.05) is 18.6 Å². The Labute approximate surface area is 160 Å². The first kappa shape index (κ1) is 17.6. The van der Waals surface area contributed by atoms with Crippen molar-refractivity contribution in [1.82, 2.24) is 0 Å². The smallest absolute Gasteiger partial charge is 0.268 e. The lowest BCUT2D eigenvalue weighted by molar-refractivity contribution is -0.114. The normalized spacial score (nSPS) is 13.3. The number of carbonyl (C=O) groups excluding carboxylic acids is 1. The second-order valence-electron chi connectivity index (χ2n) is 6.36. The lowest BCUT2D eigenvalue weighted by atomic mass is 10.1. The van der Waals surface area contributed by atoms with E-state index in [2.05, 4.69) is 0 Å². The Morgan fingerprint density at radius 1 is 1.25 bits per heavy atom. The molecule has 2 heterocycles. The summed E-state index contributed by atoms with van der Waals surface area (Å²) in [5.41, 5.74) is 1.87. The molecule has 0 radical (unpaired) electrons. The predicted octanol–water partition coefficient (Wildman–Crippen LogP) is 3.30. The van der Waals surface area contributed by atoms with Crippen molar-refractivity contribution in [1.29, 1.82) is 5.26 Å². The molecule has 0 fully saturated rings. The van der Waals surface area contributed by atoms with E-state index in [1.54, 1.807) is 23.1 Å². The minimum Gasteiger partial charge on any atom is -0.493 e. The summed E-state index contributed by atoms with van der Waals surface area (Å²) in [6.07, 6.45) is 3.27. The number of para-hydroxylation sites is 2. The highest BCUT2D eigenvalue weighted by atomic mass is 16.5. The number of carbonyl (C=O) groups is 1. The molecule has 0 saturated carbocycles. The molecule has 6 heteroatoms. The summed E-state index contributed by atoms with van der Waals surface area (Å²) in [5.74, 6) is 0.00738.